The second-order valence-corrected chi connectivity index (χ2v) is 17.8. The van der Waals surface area contributed by atoms with Crippen LogP contribution in [-0.2, 0) is 13.5 Å². The lowest BCUT2D eigenvalue weighted by molar-refractivity contribution is -0.659. The predicted molar refractivity (Wildman–Crippen MR) is 145 cm³/mol. The van der Waals surface area contributed by atoms with Gasteiger partial charge >= 0.3 is 0 Å². The molecule has 3 rings (SSSR count). The first-order valence-corrected chi connectivity index (χ1v) is 14.7. The number of nitrogens with zero attached hydrogens (tertiary/aromatic N) is 1. The number of rotatable bonds is 3. The third-order valence-electron chi connectivity index (χ3n) is 8.68. The van der Waals surface area contributed by atoms with Crippen molar-refractivity contribution in [1.82, 2.24) is 0 Å². The second kappa shape index (κ2) is 8.13. The lowest BCUT2D eigenvalue weighted by atomic mass is 9.90. The zero-order valence-corrected chi connectivity index (χ0v) is 23.6. The van der Waals surface area contributed by atoms with Gasteiger partial charge in [0.15, 0.2) is 6.20 Å². The quantitative estimate of drug-likeness (QED) is 0.286. The van der Waals surface area contributed by atoms with Gasteiger partial charge < -0.3 is 0 Å². The van der Waals surface area contributed by atoms with Crippen LogP contribution in [0.3, 0.4) is 0 Å². The van der Waals surface area contributed by atoms with Crippen LogP contribution in [0.4, 0.5) is 0 Å². The molecular formula is C30H44NSi+. The van der Waals surface area contributed by atoms with Crippen LogP contribution in [0, 0.1) is 20.8 Å². The van der Waals surface area contributed by atoms with Crippen molar-refractivity contribution < 1.29 is 4.57 Å². The van der Waals surface area contributed by atoms with Crippen LogP contribution < -0.4 is 9.75 Å². The van der Waals surface area contributed by atoms with Crippen LogP contribution in [-0.4, -0.2) is 8.07 Å². The van der Waals surface area contributed by atoms with Crippen molar-refractivity contribution in [2.75, 3.05) is 0 Å². The Morgan fingerprint density at radius 2 is 1.41 bits per heavy atom. The van der Waals surface area contributed by atoms with Crippen LogP contribution in [0.5, 0.6) is 0 Å². The Labute approximate surface area is 197 Å². The summed E-state index contributed by atoms with van der Waals surface area (Å²) in [7, 11) is 0.382. The van der Waals surface area contributed by atoms with Gasteiger partial charge in [-0.25, -0.2) is 4.57 Å². The number of fused-ring (bicyclic) bond motifs is 1. The highest BCUT2D eigenvalue weighted by molar-refractivity contribution is 6.95. The zero-order chi connectivity index (χ0) is 24.2. The molecule has 2 heteroatoms. The Balaban J connectivity index is 2.35. The molecule has 1 heterocycles. The van der Waals surface area contributed by atoms with Crippen LogP contribution in [0.15, 0.2) is 36.5 Å². The van der Waals surface area contributed by atoms with Crippen LogP contribution in [0.25, 0.3) is 22.0 Å². The van der Waals surface area contributed by atoms with Gasteiger partial charge in [-0.05, 0) is 77.0 Å². The molecule has 0 aliphatic rings. The summed E-state index contributed by atoms with van der Waals surface area (Å²) in [6, 6.07) is 12.1. The van der Waals surface area contributed by atoms with E-state index in [4.69, 9.17) is 0 Å². The van der Waals surface area contributed by atoms with E-state index in [1.54, 1.807) is 5.19 Å². The smallest absolute Gasteiger partial charge is 0.200 e. The van der Waals surface area contributed by atoms with E-state index >= 15 is 0 Å². The molecule has 0 bridgehead atoms. The second-order valence-electron chi connectivity index (χ2n) is 12.0. The van der Waals surface area contributed by atoms with E-state index in [-0.39, 0.29) is 10.1 Å². The topological polar surface area (TPSA) is 3.88 Å². The summed E-state index contributed by atoms with van der Waals surface area (Å²) in [4.78, 5) is 0. The fourth-order valence-electron chi connectivity index (χ4n) is 5.74. The number of pyridine rings is 1. The van der Waals surface area contributed by atoms with Crippen molar-refractivity contribution in [3.63, 3.8) is 0 Å². The summed E-state index contributed by atoms with van der Waals surface area (Å²) in [5.41, 5.74) is 8.42. The maximum Gasteiger partial charge on any atom is 0.220 e. The molecule has 1 nitrogen and oxygen atoms in total. The van der Waals surface area contributed by atoms with Crippen molar-refractivity contribution in [2.24, 2.45) is 7.05 Å². The van der Waals surface area contributed by atoms with Crippen molar-refractivity contribution >= 4 is 24.0 Å². The number of hydrogen-bond acceptors (Lipinski definition) is 0. The van der Waals surface area contributed by atoms with E-state index in [2.05, 4.69) is 124 Å². The largest absolute Gasteiger partial charge is 0.220 e. The van der Waals surface area contributed by atoms with Gasteiger partial charge in [0.05, 0.1) is 19.0 Å². The van der Waals surface area contributed by atoms with Gasteiger partial charge in [0, 0.05) is 6.07 Å². The highest BCUT2D eigenvalue weighted by Gasteiger charge is 2.50. The molecule has 0 radical (unpaired) electrons. The van der Waals surface area contributed by atoms with E-state index in [0.717, 1.165) is 6.42 Å². The Bertz CT molecular complexity index is 1160. The van der Waals surface area contributed by atoms with E-state index in [1.807, 2.05) is 0 Å². The van der Waals surface area contributed by atoms with Gasteiger partial charge in [-0.2, -0.15) is 0 Å². The average Bonchev–Trinajstić information content (AvgIpc) is 2.70. The minimum Gasteiger partial charge on any atom is -0.200 e. The van der Waals surface area contributed by atoms with Gasteiger partial charge in [-0.15, -0.1) is 0 Å². The first kappa shape index (κ1) is 24.7. The summed E-state index contributed by atoms with van der Waals surface area (Å²) < 4.78 is 2.31. The molecule has 2 aromatic carbocycles. The first-order chi connectivity index (χ1) is 14.6. The van der Waals surface area contributed by atoms with Crippen LogP contribution in [0.2, 0.25) is 16.6 Å². The van der Waals surface area contributed by atoms with E-state index in [0.29, 0.717) is 0 Å². The zero-order valence-electron chi connectivity index (χ0n) is 22.6. The monoisotopic (exact) mass is 446 g/mol. The van der Waals surface area contributed by atoms with E-state index < -0.39 is 8.07 Å². The molecular weight excluding hydrogens is 402 g/mol. The van der Waals surface area contributed by atoms with Gasteiger partial charge in [0.1, 0.15) is 7.05 Å². The molecule has 32 heavy (non-hydrogen) atoms. The Kier molecular flexibility index (Phi) is 6.28. The third kappa shape index (κ3) is 3.75. The Hall–Kier alpha value is -1.93. The molecule has 172 valence electrons. The molecule has 0 N–H and O–H groups in total. The molecule has 0 amide bonds. The summed E-state index contributed by atoms with van der Waals surface area (Å²) >= 11 is 0. The van der Waals surface area contributed by atoms with Crippen LogP contribution in [0.1, 0.15) is 70.7 Å². The van der Waals surface area contributed by atoms with Gasteiger partial charge in [0.25, 0.3) is 0 Å². The maximum absolute atomic E-state index is 2.58. The van der Waals surface area contributed by atoms with Crippen molar-refractivity contribution in [2.45, 2.75) is 92.3 Å². The maximum atomic E-state index is 2.58. The minimum absolute atomic E-state index is 0.280. The Morgan fingerprint density at radius 3 is 1.94 bits per heavy atom. The molecule has 0 saturated heterocycles. The highest BCUT2D eigenvalue weighted by atomic mass is 28.3. The normalized spacial score (nSPS) is 13.1. The fraction of sp³-hybridized carbons (Fsp3) is 0.500. The SMILES string of the molecule is CCc1cc(-c2c3ccc([Si](C)(C(C)(C)C)C(C)(C)C)cc3cc[n+]2C)c(C)c(C)c1C. The average molecular weight is 447 g/mol. The van der Waals surface area contributed by atoms with Crippen molar-refractivity contribution in [1.29, 1.82) is 0 Å². The number of aromatic nitrogens is 1. The molecule has 0 aliphatic heterocycles. The molecule has 3 aromatic rings. The number of benzene rings is 2. The molecule has 0 unspecified atom stereocenters. The summed E-state index contributed by atoms with van der Waals surface area (Å²) in [6.45, 7) is 26.3. The predicted octanol–water partition coefficient (Wildman–Crippen LogP) is 7.70. The standard InChI is InChI=1S/C30H44NSi/c1-13-23-19-27(22(4)20(2)21(23)3)28-26-15-14-25(18-24(26)16-17-31(28)11)32(12,29(5,6)7)30(8,9)10/h14-19H,13H2,1-12H3/q+1. The van der Waals surface area contributed by atoms with Crippen molar-refractivity contribution in [3.05, 3.63) is 58.8 Å². The fourth-order valence-corrected chi connectivity index (χ4v) is 10.6. The van der Waals surface area contributed by atoms with Crippen LogP contribution >= 0.6 is 0 Å². The molecule has 0 spiro atoms. The van der Waals surface area contributed by atoms with E-state index in [9.17, 15) is 0 Å². The number of aryl methyl sites for hydroxylation is 2. The third-order valence-corrected chi connectivity index (χ3v) is 16.1. The summed E-state index contributed by atoms with van der Waals surface area (Å²) in [5, 5.41) is 4.84. The molecule has 1 aromatic heterocycles. The molecule has 0 aliphatic carbocycles. The van der Waals surface area contributed by atoms with Gasteiger partial charge in [-0.3, -0.25) is 0 Å². The minimum atomic E-state index is -1.81. The molecule has 0 fully saturated rings. The summed E-state index contributed by atoms with van der Waals surface area (Å²) in [6.07, 6.45) is 3.31. The summed E-state index contributed by atoms with van der Waals surface area (Å²) in [5.74, 6) is 0. The van der Waals surface area contributed by atoms with Gasteiger partial charge in [-0.1, -0.05) is 72.3 Å². The first-order valence-electron chi connectivity index (χ1n) is 12.2. The van der Waals surface area contributed by atoms with Crippen molar-refractivity contribution in [3.8, 4) is 11.3 Å². The van der Waals surface area contributed by atoms with E-state index in [1.165, 1.54) is 44.3 Å². The lowest BCUT2D eigenvalue weighted by Crippen LogP contribution is -2.58. The van der Waals surface area contributed by atoms with Gasteiger partial charge in [0.2, 0.25) is 5.69 Å². The highest BCUT2D eigenvalue weighted by Crippen LogP contribution is 2.50. The lowest BCUT2D eigenvalue weighted by Gasteiger charge is -2.50. The molecule has 0 saturated carbocycles. The number of hydrogen-bond donors (Lipinski definition) is 0. The Morgan fingerprint density at radius 1 is 0.812 bits per heavy atom. The molecule has 0 atom stereocenters.